The van der Waals surface area contributed by atoms with Gasteiger partial charge in [-0.25, -0.2) is 8.78 Å². The summed E-state index contributed by atoms with van der Waals surface area (Å²) >= 11 is 5.89. The highest BCUT2D eigenvalue weighted by Gasteiger charge is 2.37. The van der Waals surface area contributed by atoms with Gasteiger partial charge in [0.15, 0.2) is 0 Å². The average Bonchev–Trinajstić information content (AvgIpc) is 2.70. The maximum atomic E-state index is 14.5. The Labute approximate surface area is 179 Å². The molecule has 1 fully saturated rings. The van der Waals surface area contributed by atoms with Crippen molar-refractivity contribution in [2.45, 2.75) is 25.2 Å². The summed E-state index contributed by atoms with van der Waals surface area (Å²) in [6, 6.07) is 10.4. The summed E-state index contributed by atoms with van der Waals surface area (Å²) in [5, 5.41) is 0.595. The smallest absolute Gasteiger partial charge is 0.223 e. The molecule has 0 spiro atoms. The van der Waals surface area contributed by atoms with Crippen molar-refractivity contribution in [2.75, 3.05) is 26.8 Å². The summed E-state index contributed by atoms with van der Waals surface area (Å²) in [6.45, 7) is 1.12. The van der Waals surface area contributed by atoms with Gasteiger partial charge < -0.3 is 9.64 Å². The summed E-state index contributed by atoms with van der Waals surface area (Å²) < 4.78 is 32.9. The second kappa shape index (κ2) is 10.1. The minimum atomic E-state index is -0.687. The maximum Gasteiger partial charge on any atom is 0.223 e. The van der Waals surface area contributed by atoms with Crippen molar-refractivity contribution < 1.29 is 23.1 Å². The second-order valence-corrected chi connectivity index (χ2v) is 8.05. The van der Waals surface area contributed by atoms with Crippen LogP contribution >= 0.6 is 11.6 Å². The Bertz CT molecular complexity index is 904. The Morgan fingerprint density at radius 2 is 1.93 bits per heavy atom. The van der Waals surface area contributed by atoms with E-state index in [1.807, 2.05) is 0 Å². The first-order chi connectivity index (χ1) is 14.4. The predicted octanol–water partition coefficient (Wildman–Crippen LogP) is 4.40. The van der Waals surface area contributed by atoms with Crippen LogP contribution in [0.5, 0.6) is 0 Å². The Morgan fingerprint density at radius 1 is 1.20 bits per heavy atom. The van der Waals surface area contributed by atoms with E-state index in [4.69, 9.17) is 16.3 Å². The van der Waals surface area contributed by atoms with Gasteiger partial charge in [-0.2, -0.15) is 0 Å². The lowest BCUT2D eigenvalue weighted by Gasteiger charge is -2.38. The van der Waals surface area contributed by atoms with Gasteiger partial charge in [-0.1, -0.05) is 29.8 Å². The molecule has 7 heteroatoms. The molecule has 1 aliphatic rings. The van der Waals surface area contributed by atoms with Crippen LogP contribution in [0.25, 0.3) is 0 Å². The normalized spacial score (nSPS) is 19.2. The minimum Gasteiger partial charge on any atom is -0.383 e. The van der Waals surface area contributed by atoms with Crippen molar-refractivity contribution in [3.05, 3.63) is 70.2 Å². The van der Waals surface area contributed by atoms with Crippen molar-refractivity contribution in [2.24, 2.45) is 5.92 Å². The Kier molecular flexibility index (Phi) is 7.56. The van der Waals surface area contributed by atoms with Crippen LogP contribution in [0, 0.1) is 17.6 Å². The molecule has 1 saturated heterocycles. The molecular weight excluding hydrogens is 412 g/mol. The number of ether oxygens (including phenoxy) is 1. The molecule has 0 bridgehead atoms. The van der Waals surface area contributed by atoms with Crippen LogP contribution in [0.15, 0.2) is 42.5 Å². The Hall–Kier alpha value is -2.31. The van der Waals surface area contributed by atoms with Crippen molar-refractivity contribution >= 4 is 23.3 Å². The van der Waals surface area contributed by atoms with E-state index in [1.54, 1.807) is 36.3 Å². The average molecular weight is 436 g/mol. The number of amides is 1. The fourth-order valence-corrected chi connectivity index (χ4v) is 4.11. The van der Waals surface area contributed by atoms with E-state index < -0.39 is 17.6 Å². The standard InChI is InChI=1S/C23H24ClF2NO3/c1-30-9-8-27-14-16(11-19(28)10-15-2-4-17(24)5-3-15)21(13-23(27)29)20-7-6-18(25)12-22(20)26/h2-7,12,16,21H,8-11,13-14H2,1H3. The molecular formula is C23H24ClF2NO3. The fraction of sp³-hybridized carbons (Fsp3) is 0.391. The highest BCUT2D eigenvalue weighted by atomic mass is 35.5. The van der Waals surface area contributed by atoms with E-state index >= 15 is 0 Å². The van der Waals surface area contributed by atoms with Crippen molar-refractivity contribution in [3.8, 4) is 0 Å². The van der Waals surface area contributed by atoms with Crippen LogP contribution in [0.3, 0.4) is 0 Å². The largest absolute Gasteiger partial charge is 0.383 e. The van der Waals surface area contributed by atoms with Gasteiger partial charge in [0.2, 0.25) is 5.91 Å². The maximum absolute atomic E-state index is 14.5. The molecule has 30 heavy (non-hydrogen) atoms. The molecule has 2 atom stereocenters. The van der Waals surface area contributed by atoms with E-state index in [0.29, 0.717) is 24.7 Å². The summed E-state index contributed by atoms with van der Waals surface area (Å²) in [7, 11) is 1.55. The van der Waals surface area contributed by atoms with Gasteiger partial charge in [-0.05, 0) is 35.2 Å². The number of nitrogens with zero attached hydrogens (tertiary/aromatic N) is 1. The first-order valence-electron chi connectivity index (χ1n) is 9.85. The van der Waals surface area contributed by atoms with Crippen molar-refractivity contribution in [1.29, 1.82) is 0 Å². The van der Waals surface area contributed by atoms with Crippen LogP contribution in [-0.2, 0) is 20.7 Å². The van der Waals surface area contributed by atoms with Crippen molar-refractivity contribution in [3.63, 3.8) is 0 Å². The number of methoxy groups -OCH3 is 1. The highest BCUT2D eigenvalue weighted by molar-refractivity contribution is 6.30. The number of benzene rings is 2. The number of carbonyl (C=O) groups excluding carboxylic acids is 2. The molecule has 4 nitrogen and oxygen atoms in total. The molecule has 0 aliphatic carbocycles. The molecule has 2 aromatic carbocycles. The second-order valence-electron chi connectivity index (χ2n) is 7.62. The number of piperidine rings is 1. The van der Waals surface area contributed by atoms with E-state index in [-0.39, 0.29) is 42.4 Å². The van der Waals surface area contributed by atoms with Crippen LogP contribution in [0.1, 0.15) is 29.9 Å². The van der Waals surface area contributed by atoms with E-state index in [2.05, 4.69) is 0 Å². The van der Waals surface area contributed by atoms with Crippen LogP contribution in [-0.4, -0.2) is 43.4 Å². The van der Waals surface area contributed by atoms with Gasteiger partial charge in [0, 0.05) is 56.5 Å². The van der Waals surface area contributed by atoms with Gasteiger partial charge in [-0.3, -0.25) is 9.59 Å². The summed E-state index contributed by atoms with van der Waals surface area (Å²) in [4.78, 5) is 27.0. The summed E-state index contributed by atoms with van der Waals surface area (Å²) in [5.74, 6) is -2.23. The Morgan fingerprint density at radius 3 is 2.60 bits per heavy atom. The monoisotopic (exact) mass is 435 g/mol. The molecule has 1 amide bonds. The summed E-state index contributed by atoms with van der Waals surface area (Å²) in [5.41, 5.74) is 1.12. The predicted molar refractivity (Wildman–Crippen MR) is 110 cm³/mol. The number of Topliss-reactive ketones (excluding diaryl/α,β-unsaturated/α-hetero) is 1. The zero-order valence-corrected chi connectivity index (χ0v) is 17.5. The van der Waals surface area contributed by atoms with Crippen molar-refractivity contribution in [1.82, 2.24) is 4.90 Å². The lowest BCUT2D eigenvalue weighted by molar-refractivity contribution is -0.137. The van der Waals surface area contributed by atoms with E-state index in [1.165, 1.54) is 12.1 Å². The number of hydrogen-bond donors (Lipinski definition) is 0. The zero-order chi connectivity index (χ0) is 21.7. The highest BCUT2D eigenvalue weighted by Crippen LogP contribution is 2.37. The van der Waals surface area contributed by atoms with Gasteiger partial charge in [0.05, 0.1) is 6.61 Å². The molecule has 0 radical (unpaired) electrons. The Balaban J connectivity index is 1.79. The fourth-order valence-electron chi connectivity index (χ4n) is 3.98. The van der Waals surface area contributed by atoms with Crippen LogP contribution in [0.2, 0.25) is 5.02 Å². The third kappa shape index (κ3) is 5.64. The number of halogens is 3. The molecule has 160 valence electrons. The molecule has 1 aliphatic heterocycles. The quantitative estimate of drug-likeness (QED) is 0.617. The minimum absolute atomic E-state index is 0.00381. The number of likely N-dealkylation sites (tertiary alicyclic amines) is 1. The topological polar surface area (TPSA) is 46.6 Å². The van der Waals surface area contributed by atoms with Gasteiger partial charge in [-0.15, -0.1) is 0 Å². The van der Waals surface area contributed by atoms with E-state index in [0.717, 1.165) is 11.6 Å². The number of rotatable bonds is 8. The number of hydrogen-bond acceptors (Lipinski definition) is 3. The molecule has 0 N–H and O–H groups in total. The third-order valence-corrected chi connectivity index (χ3v) is 5.75. The molecule has 1 heterocycles. The van der Waals surface area contributed by atoms with Crippen LogP contribution in [0.4, 0.5) is 8.78 Å². The van der Waals surface area contributed by atoms with Gasteiger partial charge in [0.1, 0.15) is 17.4 Å². The van der Waals surface area contributed by atoms with E-state index in [9.17, 15) is 18.4 Å². The molecule has 3 rings (SSSR count). The molecule has 2 aromatic rings. The third-order valence-electron chi connectivity index (χ3n) is 5.50. The number of ketones is 1. The van der Waals surface area contributed by atoms with Crippen LogP contribution < -0.4 is 0 Å². The zero-order valence-electron chi connectivity index (χ0n) is 16.7. The first kappa shape index (κ1) is 22.4. The molecule has 2 unspecified atom stereocenters. The lowest BCUT2D eigenvalue weighted by Crippen LogP contribution is -2.45. The van der Waals surface area contributed by atoms with Gasteiger partial charge >= 0.3 is 0 Å². The SMILES string of the molecule is COCCN1CC(CC(=O)Cc2ccc(Cl)cc2)C(c2ccc(F)cc2F)CC1=O. The lowest BCUT2D eigenvalue weighted by atomic mass is 9.77. The van der Waals surface area contributed by atoms with Gasteiger partial charge in [0.25, 0.3) is 0 Å². The molecule has 0 saturated carbocycles. The number of carbonyl (C=O) groups is 2. The first-order valence-corrected chi connectivity index (χ1v) is 10.2. The summed E-state index contributed by atoms with van der Waals surface area (Å²) in [6.07, 6.45) is 0.504. The molecule has 0 aromatic heterocycles.